The van der Waals surface area contributed by atoms with Crippen molar-refractivity contribution in [1.29, 1.82) is 0 Å². The second-order valence-electron chi connectivity index (χ2n) is 4.53. The van der Waals surface area contributed by atoms with Gasteiger partial charge in [0.15, 0.2) is 0 Å². The van der Waals surface area contributed by atoms with Crippen LogP contribution in [0.1, 0.15) is 32.8 Å². The molecule has 4 heteroatoms. The molecule has 0 aliphatic carbocycles. The molecule has 0 saturated carbocycles. The molecule has 0 bridgehead atoms. The topological polar surface area (TPSA) is 41.1 Å². The highest BCUT2D eigenvalue weighted by molar-refractivity contribution is 5.46. The third-order valence-electron chi connectivity index (χ3n) is 2.54. The van der Waals surface area contributed by atoms with Gasteiger partial charge in [0.1, 0.15) is 12.1 Å². The van der Waals surface area contributed by atoms with Crippen molar-refractivity contribution < 1.29 is 0 Å². The minimum absolute atomic E-state index is 0.435. The number of rotatable bonds is 7. The maximum Gasteiger partial charge on any atom is 0.137 e. The molecule has 0 saturated heterocycles. The van der Waals surface area contributed by atoms with Crippen molar-refractivity contribution in [3.63, 3.8) is 0 Å². The first-order valence-corrected chi connectivity index (χ1v) is 6.39. The van der Waals surface area contributed by atoms with E-state index in [1.807, 2.05) is 6.20 Å². The molecule has 0 unspecified atom stereocenters. The van der Waals surface area contributed by atoms with Gasteiger partial charge in [0.2, 0.25) is 0 Å². The average molecular weight is 246 g/mol. The molecule has 0 fully saturated rings. The molecule has 1 aromatic heterocycles. The van der Waals surface area contributed by atoms with Crippen LogP contribution in [-0.2, 0) is 6.54 Å². The fraction of sp³-hybridized carbons (Fsp3) is 0.571. The van der Waals surface area contributed by atoms with Crippen molar-refractivity contribution in [2.75, 3.05) is 18.0 Å². The zero-order valence-electron chi connectivity index (χ0n) is 11.5. The van der Waals surface area contributed by atoms with Crippen LogP contribution in [0.3, 0.4) is 0 Å². The van der Waals surface area contributed by atoms with E-state index >= 15 is 0 Å². The van der Waals surface area contributed by atoms with Gasteiger partial charge >= 0.3 is 0 Å². The van der Waals surface area contributed by atoms with E-state index in [1.54, 1.807) is 6.33 Å². The molecular formula is C14H22N4. The quantitative estimate of drug-likeness (QED) is 0.745. The third kappa shape index (κ3) is 4.34. The summed E-state index contributed by atoms with van der Waals surface area (Å²) in [5.41, 5.74) is 1.09. The largest absolute Gasteiger partial charge is 0.345 e. The van der Waals surface area contributed by atoms with Crippen LogP contribution in [0.2, 0.25) is 0 Å². The van der Waals surface area contributed by atoms with Gasteiger partial charge in [0.25, 0.3) is 0 Å². The second kappa shape index (κ2) is 7.67. The van der Waals surface area contributed by atoms with E-state index in [-0.39, 0.29) is 0 Å². The molecule has 1 heterocycles. The first-order valence-electron chi connectivity index (χ1n) is 6.39. The zero-order chi connectivity index (χ0) is 13.4. The molecule has 0 aromatic carbocycles. The van der Waals surface area contributed by atoms with E-state index in [9.17, 15) is 0 Å². The summed E-state index contributed by atoms with van der Waals surface area (Å²) >= 11 is 0. The lowest BCUT2D eigenvalue weighted by molar-refractivity contribution is 0.585. The number of hydrogen-bond donors (Lipinski definition) is 1. The van der Waals surface area contributed by atoms with Gasteiger partial charge in [0.05, 0.1) is 6.54 Å². The molecule has 0 aliphatic rings. The maximum atomic E-state index is 5.42. The molecule has 0 radical (unpaired) electrons. The lowest BCUT2D eigenvalue weighted by Gasteiger charge is -2.23. The number of anilines is 1. The van der Waals surface area contributed by atoms with Gasteiger partial charge < -0.3 is 10.2 Å². The fourth-order valence-electron chi connectivity index (χ4n) is 1.72. The Morgan fingerprint density at radius 2 is 2.28 bits per heavy atom. The van der Waals surface area contributed by atoms with Gasteiger partial charge in [-0.05, 0) is 6.42 Å². The van der Waals surface area contributed by atoms with Crippen LogP contribution in [0.5, 0.6) is 0 Å². The molecule has 0 atom stereocenters. The monoisotopic (exact) mass is 246 g/mol. The van der Waals surface area contributed by atoms with Crippen LogP contribution < -0.4 is 10.2 Å². The number of hydrogen-bond acceptors (Lipinski definition) is 4. The second-order valence-corrected chi connectivity index (χ2v) is 4.53. The lowest BCUT2D eigenvalue weighted by Crippen LogP contribution is -2.29. The smallest absolute Gasteiger partial charge is 0.137 e. The van der Waals surface area contributed by atoms with E-state index in [1.165, 1.54) is 0 Å². The lowest BCUT2D eigenvalue weighted by atomic mass is 10.2. The molecule has 18 heavy (non-hydrogen) atoms. The van der Waals surface area contributed by atoms with Crippen molar-refractivity contribution in [3.8, 4) is 12.3 Å². The minimum atomic E-state index is 0.435. The molecule has 4 nitrogen and oxygen atoms in total. The van der Waals surface area contributed by atoms with Crippen molar-refractivity contribution >= 4 is 5.82 Å². The summed E-state index contributed by atoms with van der Waals surface area (Å²) in [5.74, 6) is 3.63. The van der Waals surface area contributed by atoms with Crippen molar-refractivity contribution in [2.45, 2.75) is 39.8 Å². The van der Waals surface area contributed by atoms with Crippen LogP contribution in [0.15, 0.2) is 12.5 Å². The summed E-state index contributed by atoms with van der Waals surface area (Å²) in [6.45, 7) is 8.63. The average Bonchev–Trinajstić information content (AvgIpc) is 2.36. The highest BCUT2D eigenvalue weighted by atomic mass is 15.2. The Bertz CT molecular complexity index is 395. The van der Waals surface area contributed by atoms with Gasteiger partial charge in [-0.1, -0.05) is 26.7 Å². The van der Waals surface area contributed by atoms with E-state index in [0.29, 0.717) is 12.6 Å². The summed E-state index contributed by atoms with van der Waals surface area (Å²) in [4.78, 5) is 10.6. The summed E-state index contributed by atoms with van der Waals surface area (Å²) in [6.07, 6.45) is 9.90. The summed E-state index contributed by atoms with van der Waals surface area (Å²) in [7, 11) is 0. The predicted octanol–water partition coefficient (Wildman–Crippen LogP) is 1.82. The Kier molecular flexibility index (Phi) is 6.16. The SMILES string of the molecule is C#CCN(CCC)c1ncncc1CNC(C)C. The summed E-state index contributed by atoms with van der Waals surface area (Å²) in [6, 6.07) is 0.435. The Hall–Kier alpha value is -1.60. The minimum Gasteiger partial charge on any atom is -0.345 e. The molecule has 0 aliphatic heterocycles. The first-order chi connectivity index (χ1) is 8.69. The van der Waals surface area contributed by atoms with Gasteiger partial charge in [-0.3, -0.25) is 0 Å². The van der Waals surface area contributed by atoms with Crippen molar-refractivity contribution in [3.05, 3.63) is 18.1 Å². The van der Waals surface area contributed by atoms with Crippen LogP contribution in [0, 0.1) is 12.3 Å². The van der Waals surface area contributed by atoms with Gasteiger partial charge in [-0.15, -0.1) is 6.42 Å². The molecule has 0 spiro atoms. The van der Waals surface area contributed by atoms with Crippen molar-refractivity contribution in [1.82, 2.24) is 15.3 Å². The number of nitrogens with zero attached hydrogens (tertiary/aromatic N) is 3. The molecule has 0 amide bonds. The Morgan fingerprint density at radius 3 is 2.89 bits per heavy atom. The molecule has 1 N–H and O–H groups in total. The number of terminal acetylenes is 1. The normalized spacial score (nSPS) is 10.4. The third-order valence-corrected chi connectivity index (χ3v) is 2.54. The Labute approximate surface area is 110 Å². The maximum absolute atomic E-state index is 5.42. The molecule has 98 valence electrons. The van der Waals surface area contributed by atoms with Gasteiger partial charge in [0, 0.05) is 30.9 Å². The van der Waals surface area contributed by atoms with Crippen LogP contribution in [0.4, 0.5) is 5.82 Å². The summed E-state index contributed by atoms with van der Waals surface area (Å²) < 4.78 is 0. The fourth-order valence-corrected chi connectivity index (χ4v) is 1.72. The Balaban J connectivity index is 2.87. The molecule has 1 aromatic rings. The van der Waals surface area contributed by atoms with Gasteiger partial charge in [-0.2, -0.15) is 0 Å². The standard InChI is InChI=1S/C14H22N4/c1-5-7-18(8-6-2)14-13(9-15-11-17-14)10-16-12(3)4/h1,9,11-12,16H,6-8,10H2,2-4H3. The van der Waals surface area contributed by atoms with Crippen LogP contribution >= 0.6 is 0 Å². The van der Waals surface area contributed by atoms with Crippen LogP contribution in [0.25, 0.3) is 0 Å². The van der Waals surface area contributed by atoms with Crippen LogP contribution in [-0.4, -0.2) is 29.1 Å². The highest BCUT2D eigenvalue weighted by Gasteiger charge is 2.11. The van der Waals surface area contributed by atoms with E-state index in [2.05, 4.69) is 46.9 Å². The predicted molar refractivity (Wildman–Crippen MR) is 75.3 cm³/mol. The zero-order valence-corrected chi connectivity index (χ0v) is 11.5. The van der Waals surface area contributed by atoms with E-state index in [4.69, 9.17) is 6.42 Å². The number of aromatic nitrogens is 2. The van der Waals surface area contributed by atoms with Crippen molar-refractivity contribution in [2.24, 2.45) is 0 Å². The van der Waals surface area contributed by atoms with E-state index < -0.39 is 0 Å². The molecular weight excluding hydrogens is 224 g/mol. The molecule has 1 rings (SSSR count). The number of nitrogens with one attached hydrogen (secondary N) is 1. The van der Waals surface area contributed by atoms with E-state index in [0.717, 1.165) is 30.9 Å². The highest BCUT2D eigenvalue weighted by Crippen LogP contribution is 2.16. The summed E-state index contributed by atoms with van der Waals surface area (Å²) in [5, 5.41) is 3.38. The Morgan fingerprint density at radius 1 is 1.50 bits per heavy atom. The van der Waals surface area contributed by atoms with Gasteiger partial charge in [-0.25, -0.2) is 9.97 Å². The first kappa shape index (κ1) is 14.5.